The molecule has 0 fully saturated rings. The van der Waals surface area contributed by atoms with Gasteiger partial charge in [0, 0.05) is 29.5 Å². The molecule has 144 valence electrons. The van der Waals surface area contributed by atoms with Crippen molar-refractivity contribution in [3.63, 3.8) is 0 Å². The second kappa shape index (κ2) is 7.53. The van der Waals surface area contributed by atoms with Crippen molar-refractivity contribution >= 4 is 16.8 Å². The molecule has 0 atom stereocenters. The minimum atomic E-state index is -0.795. The first-order chi connectivity index (χ1) is 14.1. The summed E-state index contributed by atoms with van der Waals surface area (Å²) in [4.78, 5) is 24.8. The highest BCUT2D eigenvalue weighted by Gasteiger charge is 2.24. The molecular weight excluding hydrogens is 372 g/mol. The molecule has 4 rings (SSSR count). The van der Waals surface area contributed by atoms with E-state index in [9.17, 15) is 15.1 Å². The summed E-state index contributed by atoms with van der Waals surface area (Å²) in [6.45, 7) is 0. The average molecular weight is 388 g/mol. The molecule has 8 heteroatoms. The van der Waals surface area contributed by atoms with Crippen molar-refractivity contribution in [2.24, 2.45) is 0 Å². The van der Waals surface area contributed by atoms with E-state index in [1.54, 1.807) is 17.9 Å². The zero-order chi connectivity index (χ0) is 20.4. The number of hydroxylamine groups is 1. The lowest BCUT2D eigenvalue weighted by molar-refractivity contribution is 0.0705. The van der Waals surface area contributed by atoms with Gasteiger partial charge in [-0.15, -0.1) is 0 Å². The summed E-state index contributed by atoms with van der Waals surface area (Å²) in [6, 6.07) is 11.3. The fraction of sp³-hybridized carbons (Fsp3) is 0.0476. The molecule has 3 heterocycles. The number of methoxy groups -OCH3 is 1. The van der Waals surface area contributed by atoms with Crippen LogP contribution in [0, 0.1) is 0 Å². The zero-order valence-corrected chi connectivity index (χ0v) is 15.3. The summed E-state index contributed by atoms with van der Waals surface area (Å²) in [5.41, 5.74) is 4.82. The van der Waals surface area contributed by atoms with E-state index in [-0.39, 0.29) is 28.0 Å². The van der Waals surface area contributed by atoms with Gasteiger partial charge in [0.15, 0.2) is 11.5 Å². The largest absolute Gasteiger partial charge is 0.504 e. The summed E-state index contributed by atoms with van der Waals surface area (Å²) < 4.78 is 5.46. The molecule has 0 saturated heterocycles. The molecule has 0 unspecified atom stereocenters. The molecule has 0 aliphatic heterocycles. The Kier molecular flexibility index (Phi) is 4.76. The fourth-order valence-corrected chi connectivity index (χ4v) is 3.19. The molecule has 1 aromatic carbocycles. The van der Waals surface area contributed by atoms with Crippen LogP contribution in [0.5, 0.6) is 11.5 Å². The van der Waals surface area contributed by atoms with Crippen molar-refractivity contribution in [2.45, 2.75) is 0 Å². The number of carbonyl (C=O) groups excluding carboxylic acids is 1. The van der Waals surface area contributed by atoms with Crippen LogP contribution in [0.4, 0.5) is 0 Å². The Bertz CT molecular complexity index is 1190. The molecule has 4 aromatic rings. The number of benzene rings is 1. The Labute approximate surface area is 165 Å². The first-order valence-electron chi connectivity index (χ1n) is 8.64. The van der Waals surface area contributed by atoms with Crippen molar-refractivity contribution in [1.82, 2.24) is 20.4 Å². The van der Waals surface area contributed by atoms with E-state index in [2.05, 4.69) is 15.0 Å². The molecule has 3 N–H and O–H groups in total. The Hall–Kier alpha value is -4.04. The van der Waals surface area contributed by atoms with Crippen LogP contribution in [-0.4, -0.2) is 38.3 Å². The van der Waals surface area contributed by atoms with Crippen molar-refractivity contribution in [1.29, 1.82) is 0 Å². The highest BCUT2D eigenvalue weighted by Crippen LogP contribution is 2.38. The van der Waals surface area contributed by atoms with Gasteiger partial charge in [-0.3, -0.25) is 20.0 Å². The molecule has 8 nitrogen and oxygen atoms in total. The predicted molar refractivity (Wildman–Crippen MR) is 106 cm³/mol. The smallest absolute Gasteiger partial charge is 0.279 e. The number of hydrogen-bond acceptors (Lipinski definition) is 7. The number of nitrogens with one attached hydrogen (secondary N) is 1. The van der Waals surface area contributed by atoms with E-state index >= 15 is 0 Å². The van der Waals surface area contributed by atoms with Gasteiger partial charge in [-0.1, -0.05) is 24.3 Å². The van der Waals surface area contributed by atoms with Crippen LogP contribution in [0.2, 0.25) is 0 Å². The molecule has 3 aromatic heterocycles. The van der Waals surface area contributed by atoms with E-state index in [1.807, 2.05) is 36.4 Å². The van der Waals surface area contributed by atoms with E-state index < -0.39 is 5.91 Å². The average Bonchev–Trinajstić information content (AvgIpc) is 2.78. The molecular formula is C21H16N4O4. The van der Waals surface area contributed by atoms with E-state index in [0.29, 0.717) is 11.3 Å². The first kappa shape index (κ1) is 18.3. The number of hydrogen-bond donors (Lipinski definition) is 3. The quantitative estimate of drug-likeness (QED) is 0.363. The van der Waals surface area contributed by atoms with E-state index in [1.165, 1.54) is 19.5 Å². The molecule has 0 radical (unpaired) electrons. The number of carbonyl (C=O) groups is 1. The van der Waals surface area contributed by atoms with Crippen LogP contribution < -0.4 is 10.2 Å². The minimum Gasteiger partial charge on any atom is -0.504 e. The lowest BCUT2D eigenvalue weighted by Gasteiger charge is -2.15. The molecule has 1 amide bonds. The van der Waals surface area contributed by atoms with Gasteiger partial charge in [0.1, 0.15) is 11.2 Å². The lowest BCUT2D eigenvalue weighted by atomic mass is 10.00. The summed E-state index contributed by atoms with van der Waals surface area (Å²) in [5, 5.41) is 19.7. The fourth-order valence-electron chi connectivity index (χ4n) is 3.19. The third-order valence-corrected chi connectivity index (χ3v) is 4.54. The molecule has 0 aliphatic carbocycles. The highest BCUT2D eigenvalue weighted by atomic mass is 16.5. The summed E-state index contributed by atoms with van der Waals surface area (Å²) in [6.07, 6.45) is 6.05. The van der Waals surface area contributed by atoms with Crippen LogP contribution in [-0.2, 0) is 0 Å². The van der Waals surface area contributed by atoms with Crippen LogP contribution in [0.1, 0.15) is 10.4 Å². The van der Waals surface area contributed by atoms with Crippen molar-refractivity contribution < 1.29 is 19.8 Å². The lowest BCUT2D eigenvalue weighted by Crippen LogP contribution is -2.20. The maximum Gasteiger partial charge on any atom is 0.279 e. The van der Waals surface area contributed by atoms with Gasteiger partial charge in [0.05, 0.1) is 18.9 Å². The summed E-state index contributed by atoms with van der Waals surface area (Å²) in [5.74, 6) is -0.823. The molecule has 0 saturated carbocycles. The van der Waals surface area contributed by atoms with Crippen LogP contribution >= 0.6 is 0 Å². The SMILES string of the molecule is COc1c(-c2ccc(-c3ccncc3)cc2)nc2c(O)cncc2c1C(=O)NO. The van der Waals surface area contributed by atoms with Gasteiger partial charge in [-0.25, -0.2) is 10.5 Å². The van der Waals surface area contributed by atoms with Crippen molar-refractivity contribution in [2.75, 3.05) is 7.11 Å². The van der Waals surface area contributed by atoms with Gasteiger partial charge in [0.25, 0.3) is 5.91 Å². The predicted octanol–water partition coefficient (Wildman–Crippen LogP) is 3.19. The maximum atomic E-state index is 12.4. The Morgan fingerprint density at radius 2 is 1.62 bits per heavy atom. The number of aromatic hydroxyl groups is 1. The molecule has 0 spiro atoms. The molecule has 0 bridgehead atoms. The number of ether oxygens (including phenoxy) is 1. The number of nitrogens with zero attached hydrogens (tertiary/aromatic N) is 3. The zero-order valence-electron chi connectivity index (χ0n) is 15.3. The van der Waals surface area contributed by atoms with E-state index in [4.69, 9.17) is 4.74 Å². The van der Waals surface area contributed by atoms with Crippen molar-refractivity contribution in [3.8, 4) is 33.9 Å². The number of fused-ring (bicyclic) bond motifs is 1. The molecule has 0 aliphatic rings. The number of aromatic nitrogens is 3. The normalized spacial score (nSPS) is 10.7. The second-order valence-corrected chi connectivity index (χ2v) is 6.18. The van der Waals surface area contributed by atoms with E-state index in [0.717, 1.165) is 11.1 Å². The number of rotatable bonds is 4. The second-order valence-electron chi connectivity index (χ2n) is 6.18. The Balaban J connectivity index is 1.93. The topological polar surface area (TPSA) is 117 Å². The standard InChI is InChI=1S/C21H16N4O4/c1-29-20-17(21(27)25-28)15-10-23-11-16(26)19(15)24-18(20)14-4-2-12(3-5-14)13-6-8-22-9-7-13/h2-11,26,28H,1H3,(H,25,27). The van der Waals surface area contributed by atoms with Gasteiger partial charge < -0.3 is 9.84 Å². The van der Waals surface area contributed by atoms with Crippen LogP contribution in [0.25, 0.3) is 33.3 Å². The Morgan fingerprint density at radius 1 is 0.966 bits per heavy atom. The third-order valence-electron chi connectivity index (χ3n) is 4.54. The Morgan fingerprint density at radius 3 is 2.28 bits per heavy atom. The first-order valence-corrected chi connectivity index (χ1v) is 8.64. The van der Waals surface area contributed by atoms with Gasteiger partial charge in [-0.2, -0.15) is 0 Å². The number of pyridine rings is 3. The van der Waals surface area contributed by atoms with Crippen LogP contribution in [0.3, 0.4) is 0 Å². The minimum absolute atomic E-state index is 0.0246. The third kappa shape index (κ3) is 3.21. The van der Waals surface area contributed by atoms with Gasteiger partial charge in [0.2, 0.25) is 0 Å². The van der Waals surface area contributed by atoms with Crippen molar-refractivity contribution in [3.05, 3.63) is 66.7 Å². The number of amides is 1. The highest BCUT2D eigenvalue weighted by molar-refractivity contribution is 6.10. The summed E-state index contributed by atoms with van der Waals surface area (Å²) in [7, 11) is 1.40. The maximum absolute atomic E-state index is 12.4. The summed E-state index contributed by atoms with van der Waals surface area (Å²) >= 11 is 0. The molecule has 29 heavy (non-hydrogen) atoms. The van der Waals surface area contributed by atoms with Gasteiger partial charge in [-0.05, 0) is 23.3 Å². The van der Waals surface area contributed by atoms with Crippen LogP contribution in [0.15, 0.2) is 61.2 Å². The van der Waals surface area contributed by atoms with Gasteiger partial charge >= 0.3 is 0 Å². The monoisotopic (exact) mass is 388 g/mol.